The lowest BCUT2D eigenvalue weighted by atomic mass is 10.2. The normalized spacial score (nSPS) is 14.3. The molecule has 10 nitrogen and oxygen atoms in total. The molecule has 1 amide bonds. The summed E-state index contributed by atoms with van der Waals surface area (Å²) in [6.45, 7) is 2.32. The molecule has 0 N–H and O–H groups in total. The average molecular weight is 382 g/mol. The Morgan fingerprint density at radius 2 is 1.86 bits per heavy atom. The Hall–Kier alpha value is -3.69. The van der Waals surface area contributed by atoms with Gasteiger partial charge in [-0.15, -0.1) is 0 Å². The minimum atomic E-state index is -0.516. The molecule has 0 radical (unpaired) electrons. The molecule has 0 spiro atoms. The van der Waals surface area contributed by atoms with Gasteiger partial charge in [-0.2, -0.15) is 0 Å². The summed E-state index contributed by atoms with van der Waals surface area (Å²) < 4.78 is 6.58. The van der Waals surface area contributed by atoms with Crippen molar-refractivity contribution in [2.45, 2.75) is 6.61 Å². The molecule has 0 bridgehead atoms. The van der Waals surface area contributed by atoms with Gasteiger partial charge in [0, 0.05) is 32.2 Å². The van der Waals surface area contributed by atoms with Gasteiger partial charge in [0.25, 0.3) is 0 Å². The average Bonchev–Trinajstić information content (AvgIpc) is 3.16. The standard InChI is InChI=1S/C18H18N6O4/c25-18(28-13-14-4-2-1-3-5-14)22-10-8-21(9-11-22)16-7-6-15-19-12-17(24(26)27)23(15)20-16/h1-7,12H,8-11,13H2. The maximum Gasteiger partial charge on any atom is 0.410 e. The van der Waals surface area contributed by atoms with Crippen LogP contribution in [-0.4, -0.2) is 56.7 Å². The van der Waals surface area contributed by atoms with Crippen LogP contribution in [-0.2, 0) is 11.3 Å². The molecule has 10 heteroatoms. The lowest BCUT2D eigenvalue weighted by Gasteiger charge is -2.34. The first-order valence-electron chi connectivity index (χ1n) is 8.81. The predicted molar refractivity (Wildman–Crippen MR) is 100 cm³/mol. The number of nitro groups is 1. The van der Waals surface area contributed by atoms with Crippen LogP contribution in [0.15, 0.2) is 48.7 Å². The summed E-state index contributed by atoms with van der Waals surface area (Å²) >= 11 is 0. The van der Waals surface area contributed by atoms with E-state index >= 15 is 0 Å². The van der Waals surface area contributed by atoms with E-state index in [1.807, 2.05) is 35.2 Å². The highest BCUT2D eigenvalue weighted by molar-refractivity contribution is 5.68. The fourth-order valence-corrected chi connectivity index (χ4v) is 3.07. The Balaban J connectivity index is 1.37. The van der Waals surface area contributed by atoms with Gasteiger partial charge in [0.1, 0.15) is 12.8 Å². The first kappa shape index (κ1) is 17.7. The Morgan fingerprint density at radius 1 is 1.11 bits per heavy atom. The first-order valence-corrected chi connectivity index (χ1v) is 8.81. The van der Waals surface area contributed by atoms with Crippen molar-refractivity contribution >= 4 is 23.4 Å². The third-order valence-corrected chi connectivity index (χ3v) is 4.58. The van der Waals surface area contributed by atoms with E-state index in [1.165, 1.54) is 10.7 Å². The molecule has 2 aromatic heterocycles. The van der Waals surface area contributed by atoms with Crippen molar-refractivity contribution in [1.29, 1.82) is 0 Å². The molecular weight excluding hydrogens is 364 g/mol. The van der Waals surface area contributed by atoms with Gasteiger partial charge in [-0.25, -0.2) is 9.78 Å². The van der Waals surface area contributed by atoms with E-state index in [-0.39, 0.29) is 18.5 Å². The first-order chi connectivity index (χ1) is 13.6. The van der Waals surface area contributed by atoms with Crippen molar-refractivity contribution in [1.82, 2.24) is 19.5 Å². The topological polar surface area (TPSA) is 106 Å². The second kappa shape index (κ2) is 7.51. The van der Waals surface area contributed by atoms with E-state index in [4.69, 9.17) is 4.74 Å². The Morgan fingerprint density at radius 3 is 2.57 bits per heavy atom. The van der Waals surface area contributed by atoms with Crippen LogP contribution >= 0.6 is 0 Å². The molecule has 1 fully saturated rings. The van der Waals surface area contributed by atoms with Crippen LogP contribution in [0, 0.1) is 10.1 Å². The van der Waals surface area contributed by atoms with Gasteiger partial charge in [-0.3, -0.25) is 0 Å². The summed E-state index contributed by atoms with van der Waals surface area (Å²) in [4.78, 5) is 30.4. The molecule has 1 aromatic carbocycles. The molecule has 4 rings (SSSR count). The number of imidazole rings is 1. The van der Waals surface area contributed by atoms with Crippen LogP contribution in [0.1, 0.15) is 5.56 Å². The van der Waals surface area contributed by atoms with Crippen LogP contribution in [0.3, 0.4) is 0 Å². The molecular formula is C18H18N6O4. The summed E-state index contributed by atoms with van der Waals surface area (Å²) in [5, 5.41) is 15.4. The SMILES string of the molecule is O=C(OCc1ccccc1)N1CCN(c2ccc3ncc([N+](=O)[O-])n3n2)CC1. The number of carbonyl (C=O) groups excluding carboxylic acids is 1. The molecule has 3 heterocycles. The minimum Gasteiger partial charge on any atom is -0.445 e. The maximum absolute atomic E-state index is 12.3. The molecule has 1 saturated heterocycles. The van der Waals surface area contributed by atoms with E-state index < -0.39 is 4.92 Å². The largest absolute Gasteiger partial charge is 0.445 e. The van der Waals surface area contributed by atoms with Gasteiger partial charge < -0.3 is 24.7 Å². The van der Waals surface area contributed by atoms with Gasteiger partial charge >= 0.3 is 11.9 Å². The van der Waals surface area contributed by atoms with Gasteiger partial charge in [0.15, 0.2) is 5.82 Å². The number of benzene rings is 1. The number of nitrogens with zero attached hydrogens (tertiary/aromatic N) is 6. The molecule has 28 heavy (non-hydrogen) atoms. The summed E-state index contributed by atoms with van der Waals surface area (Å²) in [7, 11) is 0. The molecule has 1 aliphatic heterocycles. The predicted octanol–water partition coefficient (Wildman–Crippen LogP) is 2.10. The number of amides is 1. The summed E-state index contributed by atoms with van der Waals surface area (Å²) in [6, 6.07) is 13.0. The molecule has 0 saturated carbocycles. The molecule has 3 aromatic rings. The van der Waals surface area contributed by atoms with Gasteiger partial charge in [0.05, 0.1) is 0 Å². The van der Waals surface area contributed by atoms with Crippen molar-refractivity contribution in [3.63, 3.8) is 0 Å². The van der Waals surface area contributed by atoms with E-state index in [0.29, 0.717) is 37.6 Å². The number of aromatic nitrogens is 3. The van der Waals surface area contributed by atoms with Crippen LogP contribution in [0.4, 0.5) is 16.4 Å². The van der Waals surface area contributed by atoms with Crippen molar-refractivity contribution in [3.8, 4) is 0 Å². The minimum absolute atomic E-state index is 0.181. The van der Waals surface area contributed by atoms with Crippen molar-refractivity contribution in [2.75, 3.05) is 31.1 Å². The van der Waals surface area contributed by atoms with Crippen LogP contribution in [0.2, 0.25) is 0 Å². The van der Waals surface area contributed by atoms with Crippen LogP contribution < -0.4 is 4.90 Å². The number of anilines is 1. The van der Waals surface area contributed by atoms with Crippen molar-refractivity contribution in [2.24, 2.45) is 0 Å². The lowest BCUT2D eigenvalue weighted by Crippen LogP contribution is -2.49. The Kier molecular flexibility index (Phi) is 4.75. The summed E-state index contributed by atoms with van der Waals surface area (Å²) in [5.74, 6) is 0.422. The molecule has 0 unspecified atom stereocenters. The van der Waals surface area contributed by atoms with Gasteiger partial charge in [-0.05, 0) is 16.6 Å². The number of hydrogen-bond donors (Lipinski definition) is 0. The third kappa shape index (κ3) is 3.56. The highest BCUT2D eigenvalue weighted by Gasteiger charge is 2.25. The number of rotatable bonds is 4. The maximum atomic E-state index is 12.3. The fourth-order valence-electron chi connectivity index (χ4n) is 3.07. The van der Waals surface area contributed by atoms with Crippen molar-refractivity contribution < 1.29 is 14.5 Å². The number of piperazine rings is 1. The van der Waals surface area contributed by atoms with Crippen LogP contribution in [0.5, 0.6) is 0 Å². The monoisotopic (exact) mass is 382 g/mol. The van der Waals surface area contributed by atoms with Gasteiger partial charge in [-0.1, -0.05) is 39.9 Å². The molecule has 0 atom stereocenters. The Labute approximate surface area is 160 Å². The molecule has 144 valence electrons. The Bertz CT molecular complexity index is 998. The number of ether oxygens (including phenoxy) is 1. The second-order valence-electron chi connectivity index (χ2n) is 6.35. The number of fused-ring (bicyclic) bond motifs is 1. The van der Waals surface area contributed by atoms with E-state index in [2.05, 4.69) is 10.1 Å². The van der Waals surface area contributed by atoms with E-state index in [9.17, 15) is 14.9 Å². The number of hydrogen-bond acceptors (Lipinski definition) is 7. The lowest BCUT2D eigenvalue weighted by molar-refractivity contribution is -0.391. The van der Waals surface area contributed by atoms with E-state index in [1.54, 1.807) is 17.0 Å². The highest BCUT2D eigenvalue weighted by Crippen LogP contribution is 2.18. The van der Waals surface area contributed by atoms with Gasteiger partial charge in [0.2, 0.25) is 5.65 Å². The molecule has 1 aliphatic rings. The second-order valence-corrected chi connectivity index (χ2v) is 6.35. The zero-order valence-electron chi connectivity index (χ0n) is 15.0. The van der Waals surface area contributed by atoms with E-state index in [0.717, 1.165) is 5.56 Å². The third-order valence-electron chi connectivity index (χ3n) is 4.58. The summed E-state index contributed by atoms with van der Waals surface area (Å²) in [6.07, 6.45) is 0.837. The van der Waals surface area contributed by atoms with Crippen molar-refractivity contribution in [3.05, 3.63) is 64.3 Å². The zero-order valence-corrected chi connectivity index (χ0v) is 15.0. The number of carbonyl (C=O) groups is 1. The molecule has 0 aliphatic carbocycles. The highest BCUT2D eigenvalue weighted by atomic mass is 16.6. The smallest absolute Gasteiger partial charge is 0.410 e. The quantitative estimate of drug-likeness (QED) is 0.502. The zero-order chi connectivity index (χ0) is 19.5. The van der Waals surface area contributed by atoms with Crippen LogP contribution in [0.25, 0.3) is 5.65 Å². The summed E-state index contributed by atoms with van der Waals surface area (Å²) in [5.41, 5.74) is 1.35. The fraction of sp³-hybridized carbons (Fsp3) is 0.278.